The molecule has 0 saturated carbocycles. The molecule has 0 amide bonds. The molecule has 19 heavy (non-hydrogen) atoms. The first-order chi connectivity index (χ1) is 9.22. The summed E-state index contributed by atoms with van der Waals surface area (Å²) in [6.07, 6.45) is -0.145. The van der Waals surface area contributed by atoms with Gasteiger partial charge in [-0.3, -0.25) is 0 Å². The number of fused-ring (bicyclic) bond motifs is 1. The van der Waals surface area contributed by atoms with Crippen LogP contribution in [0.2, 0.25) is 5.02 Å². The van der Waals surface area contributed by atoms with Crippen LogP contribution in [0.3, 0.4) is 0 Å². The number of para-hydroxylation sites is 1. The first-order valence-electron chi connectivity index (χ1n) is 6.09. The van der Waals surface area contributed by atoms with E-state index in [9.17, 15) is 0 Å². The van der Waals surface area contributed by atoms with Gasteiger partial charge in [-0.2, -0.15) is 0 Å². The van der Waals surface area contributed by atoms with Crippen molar-refractivity contribution < 1.29 is 4.74 Å². The van der Waals surface area contributed by atoms with Crippen LogP contribution in [0.4, 0.5) is 0 Å². The van der Waals surface area contributed by atoms with Crippen molar-refractivity contribution in [2.75, 3.05) is 0 Å². The van der Waals surface area contributed by atoms with E-state index in [1.807, 2.05) is 55.5 Å². The summed E-state index contributed by atoms with van der Waals surface area (Å²) in [6.45, 7) is 1.96. The molecule has 0 unspecified atom stereocenters. The van der Waals surface area contributed by atoms with Crippen molar-refractivity contribution in [3.05, 3.63) is 59.4 Å². The number of halogens is 1. The molecule has 0 aliphatic heterocycles. The number of benzene rings is 2. The van der Waals surface area contributed by atoms with Gasteiger partial charge in [0.15, 0.2) is 6.10 Å². The summed E-state index contributed by atoms with van der Waals surface area (Å²) in [5.41, 5.74) is 1.81. The van der Waals surface area contributed by atoms with Crippen molar-refractivity contribution >= 4 is 22.6 Å². The maximum Gasteiger partial charge on any atom is 0.153 e. The van der Waals surface area contributed by atoms with Crippen LogP contribution < -0.4 is 4.74 Å². The molecule has 96 valence electrons. The van der Waals surface area contributed by atoms with Crippen LogP contribution >= 0.6 is 11.6 Å². The molecule has 1 N–H and O–H groups in total. The molecule has 4 heteroatoms. The van der Waals surface area contributed by atoms with E-state index in [0.717, 1.165) is 22.6 Å². The highest BCUT2D eigenvalue weighted by Gasteiger charge is 2.12. The molecule has 0 spiro atoms. The number of nitrogens with one attached hydrogen (secondary N) is 1. The van der Waals surface area contributed by atoms with E-state index in [0.29, 0.717) is 5.02 Å². The number of H-pyrrole nitrogens is 1. The Hall–Kier alpha value is -2.00. The zero-order valence-electron chi connectivity index (χ0n) is 10.4. The monoisotopic (exact) mass is 272 g/mol. The highest BCUT2D eigenvalue weighted by molar-refractivity contribution is 6.31. The summed E-state index contributed by atoms with van der Waals surface area (Å²) in [5.74, 6) is 1.62. The van der Waals surface area contributed by atoms with Gasteiger partial charge in [0, 0.05) is 5.02 Å². The van der Waals surface area contributed by atoms with E-state index < -0.39 is 0 Å². The maximum atomic E-state index is 5.96. The Balaban J connectivity index is 1.87. The van der Waals surface area contributed by atoms with Gasteiger partial charge in [0.25, 0.3) is 0 Å². The first-order valence-corrected chi connectivity index (χ1v) is 6.47. The van der Waals surface area contributed by atoms with Crippen LogP contribution in [0.5, 0.6) is 5.75 Å². The first kappa shape index (κ1) is 12.1. The summed E-state index contributed by atoms with van der Waals surface area (Å²) in [6, 6.07) is 15.3. The van der Waals surface area contributed by atoms with Gasteiger partial charge in [-0.05, 0) is 37.3 Å². The largest absolute Gasteiger partial charge is 0.483 e. The topological polar surface area (TPSA) is 37.9 Å². The van der Waals surface area contributed by atoms with E-state index in [1.54, 1.807) is 0 Å². The lowest BCUT2D eigenvalue weighted by Gasteiger charge is -2.11. The minimum absolute atomic E-state index is 0.145. The van der Waals surface area contributed by atoms with Crippen LogP contribution in [0.1, 0.15) is 18.9 Å². The minimum atomic E-state index is -0.145. The van der Waals surface area contributed by atoms with Gasteiger partial charge in [-0.15, -0.1) is 0 Å². The van der Waals surface area contributed by atoms with Crippen LogP contribution in [0.25, 0.3) is 11.0 Å². The highest BCUT2D eigenvalue weighted by Crippen LogP contribution is 2.23. The SMILES string of the molecule is C[C@@H](Oc1ccccc1)c1nc2ccc(Cl)cc2[nH]1. The zero-order chi connectivity index (χ0) is 13.2. The lowest BCUT2D eigenvalue weighted by Crippen LogP contribution is -2.04. The molecule has 0 saturated heterocycles. The van der Waals surface area contributed by atoms with Crippen LogP contribution in [-0.4, -0.2) is 9.97 Å². The molecule has 2 aromatic carbocycles. The third-order valence-corrected chi connectivity index (χ3v) is 3.14. The maximum absolute atomic E-state index is 5.96. The number of nitrogens with zero attached hydrogens (tertiary/aromatic N) is 1. The summed E-state index contributed by atoms with van der Waals surface area (Å²) in [4.78, 5) is 7.75. The van der Waals surface area contributed by atoms with Gasteiger partial charge in [0.2, 0.25) is 0 Å². The Morgan fingerprint density at radius 1 is 1.16 bits per heavy atom. The summed E-state index contributed by atoms with van der Waals surface area (Å²) in [7, 11) is 0. The molecule has 0 aliphatic carbocycles. The predicted molar refractivity (Wildman–Crippen MR) is 76.6 cm³/mol. The summed E-state index contributed by atoms with van der Waals surface area (Å²) in [5, 5.41) is 0.694. The van der Waals surface area contributed by atoms with Gasteiger partial charge < -0.3 is 9.72 Å². The van der Waals surface area contributed by atoms with Crippen LogP contribution in [-0.2, 0) is 0 Å². The van der Waals surface area contributed by atoms with Gasteiger partial charge in [0.1, 0.15) is 11.6 Å². The number of aromatic nitrogens is 2. The zero-order valence-corrected chi connectivity index (χ0v) is 11.2. The van der Waals surface area contributed by atoms with Gasteiger partial charge in [-0.25, -0.2) is 4.98 Å². The molecule has 3 rings (SSSR count). The van der Waals surface area contributed by atoms with E-state index >= 15 is 0 Å². The number of hydrogen-bond donors (Lipinski definition) is 1. The summed E-state index contributed by atoms with van der Waals surface area (Å²) < 4.78 is 5.83. The molecule has 0 aliphatic rings. The van der Waals surface area contributed by atoms with E-state index in [1.165, 1.54) is 0 Å². The van der Waals surface area contributed by atoms with Crippen molar-refractivity contribution in [3.63, 3.8) is 0 Å². The Labute approximate surface area is 116 Å². The van der Waals surface area contributed by atoms with Crippen molar-refractivity contribution in [1.29, 1.82) is 0 Å². The van der Waals surface area contributed by atoms with E-state index in [-0.39, 0.29) is 6.10 Å². The molecular weight excluding hydrogens is 260 g/mol. The summed E-state index contributed by atoms with van der Waals surface area (Å²) >= 11 is 5.96. The molecule has 3 aromatic rings. The molecule has 0 fully saturated rings. The fraction of sp³-hybridized carbons (Fsp3) is 0.133. The Kier molecular flexibility index (Phi) is 3.13. The van der Waals surface area contributed by atoms with Gasteiger partial charge >= 0.3 is 0 Å². The lowest BCUT2D eigenvalue weighted by atomic mass is 10.3. The lowest BCUT2D eigenvalue weighted by molar-refractivity contribution is 0.218. The Bertz CT molecular complexity index is 694. The number of hydrogen-bond acceptors (Lipinski definition) is 2. The Morgan fingerprint density at radius 3 is 2.74 bits per heavy atom. The van der Waals surface area contributed by atoms with E-state index in [2.05, 4.69) is 9.97 Å². The third-order valence-electron chi connectivity index (χ3n) is 2.90. The van der Waals surface area contributed by atoms with Crippen molar-refractivity contribution in [2.45, 2.75) is 13.0 Å². The second kappa shape index (κ2) is 4.94. The van der Waals surface area contributed by atoms with Crippen LogP contribution in [0.15, 0.2) is 48.5 Å². The number of imidazole rings is 1. The second-order valence-corrected chi connectivity index (χ2v) is 4.79. The molecule has 0 radical (unpaired) electrons. The molecule has 1 heterocycles. The number of ether oxygens (including phenoxy) is 1. The fourth-order valence-corrected chi connectivity index (χ4v) is 2.13. The predicted octanol–water partition coefficient (Wildman–Crippen LogP) is 4.36. The molecular formula is C15H13ClN2O. The molecule has 3 nitrogen and oxygen atoms in total. The second-order valence-electron chi connectivity index (χ2n) is 4.36. The minimum Gasteiger partial charge on any atom is -0.483 e. The highest BCUT2D eigenvalue weighted by atomic mass is 35.5. The van der Waals surface area contributed by atoms with Gasteiger partial charge in [0.05, 0.1) is 11.0 Å². The number of aromatic amines is 1. The fourth-order valence-electron chi connectivity index (χ4n) is 1.95. The smallest absolute Gasteiger partial charge is 0.153 e. The standard InChI is InChI=1S/C15H13ClN2O/c1-10(19-12-5-3-2-4-6-12)15-17-13-8-7-11(16)9-14(13)18-15/h2-10H,1H3,(H,17,18)/t10-/m1/s1. The molecule has 1 aromatic heterocycles. The van der Waals surface area contributed by atoms with Crippen LogP contribution in [0, 0.1) is 0 Å². The average Bonchev–Trinajstić information content (AvgIpc) is 2.83. The van der Waals surface area contributed by atoms with Gasteiger partial charge in [-0.1, -0.05) is 29.8 Å². The number of rotatable bonds is 3. The molecule has 0 bridgehead atoms. The van der Waals surface area contributed by atoms with E-state index in [4.69, 9.17) is 16.3 Å². The quantitative estimate of drug-likeness (QED) is 0.769. The normalized spacial score (nSPS) is 12.5. The third kappa shape index (κ3) is 2.56. The molecule has 1 atom stereocenters. The Morgan fingerprint density at radius 2 is 1.95 bits per heavy atom. The van der Waals surface area contributed by atoms with Crippen molar-refractivity contribution in [3.8, 4) is 5.75 Å². The average molecular weight is 273 g/mol. The van der Waals surface area contributed by atoms with Crippen molar-refractivity contribution in [2.24, 2.45) is 0 Å². The van der Waals surface area contributed by atoms with Crippen molar-refractivity contribution in [1.82, 2.24) is 9.97 Å².